The normalized spacial score (nSPS) is 15.0. The van der Waals surface area contributed by atoms with Crippen LogP contribution in [-0.4, -0.2) is 60.7 Å². The number of esters is 1. The maximum absolute atomic E-state index is 11.4. The van der Waals surface area contributed by atoms with Crippen LogP contribution in [-0.2, 0) is 4.74 Å². The van der Waals surface area contributed by atoms with Gasteiger partial charge in [-0.05, 0) is 37.2 Å². The van der Waals surface area contributed by atoms with Gasteiger partial charge in [-0.15, -0.1) is 0 Å². The number of carbonyl (C=O) groups is 1. The van der Waals surface area contributed by atoms with E-state index < -0.39 is 5.97 Å². The van der Waals surface area contributed by atoms with E-state index in [4.69, 9.17) is 0 Å². The number of piperazine rings is 1. The monoisotopic (exact) mass is 355 g/mol. The average molecular weight is 355 g/mol. The van der Waals surface area contributed by atoms with Gasteiger partial charge in [-0.1, -0.05) is 6.92 Å². The number of rotatable bonds is 5. The average Bonchev–Trinajstić information content (AvgIpc) is 2.69. The van der Waals surface area contributed by atoms with E-state index in [1.165, 1.54) is 25.2 Å². The predicted octanol–water partition coefficient (Wildman–Crippen LogP) is 2.46. The Morgan fingerprint density at radius 1 is 1.19 bits per heavy atom. The Kier molecular flexibility index (Phi) is 5.68. The number of aryl methyl sites for hydroxylation is 1. The summed E-state index contributed by atoms with van der Waals surface area (Å²) in [6, 6.07) is 6.36. The first-order chi connectivity index (χ1) is 12.6. The minimum atomic E-state index is -0.444. The third kappa shape index (κ3) is 4.11. The number of carbonyl (C=O) groups excluding carboxylic acids is 1. The second kappa shape index (κ2) is 8.14. The zero-order valence-electron chi connectivity index (χ0n) is 15.5. The predicted molar refractivity (Wildman–Crippen MR) is 102 cm³/mol. The van der Waals surface area contributed by atoms with Crippen LogP contribution in [0.1, 0.15) is 22.8 Å². The first-order valence-corrected chi connectivity index (χ1v) is 8.86. The van der Waals surface area contributed by atoms with Crippen LogP contribution in [0.3, 0.4) is 0 Å². The number of ether oxygens (including phenoxy) is 1. The molecule has 1 fully saturated rings. The highest BCUT2D eigenvalue weighted by molar-refractivity contribution is 5.88. The minimum absolute atomic E-state index is 0.330. The zero-order chi connectivity index (χ0) is 18.5. The lowest BCUT2D eigenvalue weighted by atomic mass is 10.1. The van der Waals surface area contributed by atoms with Crippen LogP contribution in [0.5, 0.6) is 0 Å². The van der Waals surface area contributed by atoms with Crippen molar-refractivity contribution in [3.63, 3.8) is 0 Å². The molecular weight excluding hydrogens is 330 g/mol. The number of likely N-dealkylation sites (N-methyl/N-ethyl adjacent to an activating group) is 1. The van der Waals surface area contributed by atoms with Gasteiger partial charge in [0.05, 0.1) is 12.7 Å². The standard InChI is InChI=1S/C19H25N5O2/c1-4-23-7-9-24(10-8-23)16-5-6-17(14(2)11-16)22-19-20-12-15(13-21-19)18(25)26-3/h5-6,11-13H,4,7-10H2,1-3H3,(H,20,21,22). The van der Waals surface area contributed by atoms with E-state index in [9.17, 15) is 4.79 Å². The Hall–Kier alpha value is -2.67. The minimum Gasteiger partial charge on any atom is -0.465 e. The fraction of sp³-hybridized carbons (Fsp3) is 0.421. The number of hydrogen-bond donors (Lipinski definition) is 1. The molecule has 1 aliphatic rings. The molecule has 0 saturated carbocycles. The van der Waals surface area contributed by atoms with Crippen molar-refractivity contribution in [2.24, 2.45) is 0 Å². The molecule has 0 spiro atoms. The van der Waals surface area contributed by atoms with Gasteiger partial charge in [0.2, 0.25) is 5.95 Å². The van der Waals surface area contributed by atoms with Gasteiger partial charge in [0.1, 0.15) is 0 Å². The molecule has 1 N–H and O–H groups in total. The van der Waals surface area contributed by atoms with Gasteiger partial charge >= 0.3 is 5.97 Å². The van der Waals surface area contributed by atoms with Crippen LogP contribution in [0, 0.1) is 6.92 Å². The van der Waals surface area contributed by atoms with Crippen molar-refractivity contribution in [2.75, 3.05) is 50.1 Å². The molecule has 0 atom stereocenters. The highest BCUT2D eigenvalue weighted by Crippen LogP contribution is 2.25. The number of benzene rings is 1. The van der Waals surface area contributed by atoms with Crippen molar-refractivity contribution in [3.05, 3.63) is 41.7 Å². The van der Waals surface area contributed by atoms with Gasteiger partial charge in [-0.3, -0.25) is 0 Å². The number of hydrogen-bond acceptors (Lipinski definition) is 7. The van der Waals surface area contributed by atoms with Gasteiger partial charge in [0.25, 0.3) is 0 Å². The highest BCUT2D eigenvalue weighted by atomic mass is 16.5. The Bertz CT molecular complexity index is 755. The van der Waals surface area contributed by atoms with Crippen LogP contribution < -0.4 is 10.2 Å². The maximum Gasteiger partial charge on any atom is 0.341 e. The number of methoxy groups -OCH3 is 1. The summed E-state index contributed by atoms with van der Waals surface area (Å²) >= 11 is 0. The molecule has 7 heteroatoms. The van der Waals surface area contributed by atoms with Crippen molar-refractivity contribution in [1.29, 1.82) is 0 Å². The largest absolute Gasteiger partial charge is 0.465 e. The lowest BCUT2D eigenvalue weighted by Gasteiger charge is -2.35. The molecule has 1 saturated heterocycles. The number of nitrogens with one attached hydrogen (secondary N) is 1. The Morgan fingerprint density at radius 3 is 2.46 bits per heavy atom. The van der Waals surface area contributed by atoms with Crippen LogP contribution >= 0.6 is 0 Å². The molecule has 1 aliphatic heterocycles. The van der Waals surface area contributed by atoms with E-state index in [0.29, 0.717) is 11.5 Å². The quantitative estimate of drug-likeness (QED) is 0.826. The van der Waals surface area contributed by atoms with E-state index in [1.54, 1.807) is 0 Å². The molecule has 0 unspecified atom stereocenters. The molecule has 0 aliphatic carbocycles. The number of aromatic nitrogens is 2. The summed E-state index contributed by atoms with van der Waals surface area (Å²) in [5.41, 5.74) is 3.65. The summed E-state index contributed by atoms with van der Waals surface area (Å²) in [7, 11) is 1.33. The lowest BCUT2D eigenvalue weighted by molar-refractivity contribution is 0.0600. The molecule has 138 valence electrons. The topological polar surface area (TPSA) is 70.6 Å². The molecule has 0 radical (unpaired) electrons. The molecule has 1 aromatic carbocycles. The van der Waals surface area contributed by atoms with Crippen molar-refractivity contribution in [3.8, 4) is 0 Å². The fourth-order valence-corrected chi connectivity index (χ4v) is 3.04. The summed E-state index contributed by atoms with van der Waals surface area (Å²) in [5, 5.41) is 3.20. The molecule has 0 amide bonds. The van der Waals surface area contributed by atoms with Crippen LogP contribution in [0.25, 0.3) is 0 Å². The Morgan fingerprint density at radius 2 is 1.88 bits per heavy atom. The second-order valence-electron chi connectivity index (χ2n) is 6.33. The second-order valence-corrected chi connectivity index (χ2v) is 6.33. The summed E-state index contributed by atoms with van der Waals surface area (Å²) in [5.74, 6) is 0.00492. The van der Waals surface area contributed by atoms with Gasteiger partial charge in [0, 0.05) is 49.9 Å². The van der Waals surface area contributed by atoms with E-state index in [2.05, 4.69) is 61.9 Å². The highest BCUT2D eigenvalue weighted by Gasteiger charge is 2.16. The lowest BCUT2D eigenvalue weighted by Crippen LogP contribution is -2.46. The summed E-state index contributed by atoms with van der Waals surface area (Å²) in [6.07, 6.45) is 2.91. The van der Waals surface area contributed by atoms with Crippen molar-refractivity contribution < 1.29 is 9.53 Å². The van der Waals surface area contributed by atoms with Crippen molar-refractivity contribution >= 4 is 23.3 Å². The van der Waals surface area contributed by atoms with Crippen molar-refractivity contribution in [1.82, 2.24) is 14.9 Å². The number of nitrogens with zero attached hydrogens (tertiary/aromatic N) is 4. The van der Waals surface area contributed by atoms with E-state index >= 15 is 0 Å². The first-order valence-electron chi connectivity index (χ1n) is 8.86. The smallest absolute Gasteiger partial charge is 0.341 e. The van der Waals surface area contributed by atoms with Crippen molar-refractivity contribution in [2.45, 2.75) is 13.8 Å². The molecule has 26 heavy (non-hydrogen) atoms. The molecule has 1 aromatic heterocycles. The van der Waals surface area contributed by atoms with E-state index in [-0.39, 0.29) is 0 Å². The Labute approximate surface area is 154 Å². The van der Waals surface area contributed by atoms with E-state index in [0.717, 1.165) is 44.0 Å². The van der Waals surface area contributed by atoms with Crippen LogP contribution in [0.4, 0.5) is 17.3 Å². The number of anilines is 3. The Balaban J connectivity index is 1.67. The third-order valence-electron chi connectivity index (χ3n) is 4.71. The fourth-order valence-electron chi connectivity index (χ4n) is 3.04. The van der Waals surface area contributed by atoms with Crippen LogP contribution in [0.15, 0.2) is 30.6 Å². The first kappa shape index (κ1) is 18.1. The maximum atomic E-state index is 11.4. The SMILES string of the molecule is CCN1CCN(c2ccc(Nc3ncc(C(=O)OC)cn3)c(C)c2)CC1. The van der Waals surface area contributed by atoms with Gasteiger partial charge < -0.3 is 19.9 Å². The van der Waals surface area contributed by atoms with Crippen LogP contribution in [0.2, 0.25) is 0 Å². The third-order valence-corrected chi connectivity index (χ3v) is 4.71. The van der Waals surface area contributed by atoms with Gasteiger partial charge in [-0.25, -0.2) is 14.8 Å². The van der Waals surface area contributed by atoms with Gasteiger partial charge in [-0.2, -0.15) is 0 Å². The molecule has 7 nitrogen and oxygen atoms in total. The zero-order valence-corrected chi connectivity index (χ0v) is 15.5. The summed E-state index contributed by atoms with van der Waals surface area (Å²) in [6.45, 7) is 9.71. The van der Waals surface area contributed by atoms with E-state index in [1.807, 2.05) is 0 Å². The van der Waals surface area contributed by atoms with Gasteiger partial charge in [0.15, 0.2) is 0 Å². The molecule has 2 heterocycles. The molecule has 2 aromatic rings. The summed E-state index contributed by atoms with van der Waals surface area (Å²) < 4.78 is 4.65. The molecule has 0 bridgehead atoms. The summed E-state index contributed by atoms with van der Waals surface area (Å²) in [4.78, 5) is 24.7. The molecular formula is C19H25N5O2. The molecule has 3 rings (SSSR count).